The lowest BCUT2D eigenvalue weighted by Gasteiger charge is -2.08. The number of fused-ring (bicyclic) bond motifs is 1. The minimum atomic E-state index is -1.20. The molecular formula is C13H10F2N2O2. The molecule has 1 aliphatic rings. The van der Waals surface area contributed by atoms with E-state index in [9.17, 15) is 18.4 Å². The third-order valence-corrected chi connectivity index (χ3v) is 3.31. The Labute approximate surface area is 106 Å². The summed E-state index contributed by atoms with van der Waals surface area (Å²) in [4.78, 5) is 26.6. The molecule has 1 heterocycles. The summed E-state index contributed by atoms with van der Waals surface area (Å²) in [6.45, 7) is 0. The number of hydrogen-bond acceptors (Lipinski definition) is 2. The van der Waals surface area contributed by atoms with Crippen molar-refractivity contribution < 1.29 is 8.78 Å². The monoisotopic (exact) mass is 264 g/mol. The van der Waals surface area contributed by atoms with Gasteiger partial charge in [-0.3, -0.25) is 4.79 Å². The topological polar surface area (TPSA) is 54.9 Å². The maximum Gasteiger partial charge on any atom is 0.333 e. The highest BCUT2D eigenvalue weighted by atomic mass is 19.2. The molecule has 0 fully saturated rings. The third-order valence-electron chi connectivity index (χ3n) is 3.31. The number of nitrogens with zero attached hydrogens (tertiary/aromatic N) is 1. The maximum atomic E-state index is 13.7. The summed E-state index contributed by atoms with van der Waals surface area (Å²) in [7, 11) is 0. The molecule has 0 amide bonds. The highest BCUT2D eigenvalue weighted by Crippen LogP contribution is 2.17. The fourth-order valence-electron chi connectivity index (χ4n) is 2.41. The van der Waals surface area contributed by atoms with E-state index in [1.54, 1.807) is 0 Å². The van der Waals surface area contributed by atoms with Gasteiger partial charge in [0, 0.05) is 11.3 Å². The van der Waals surface area contributed by atoms with Crippen molar-refractivity contribution in [3.8, 4) is 5.69 Å². The average molecular weight is 264 g/mol. The van der Waals surface area contributed by atoms with Crippen molar-refractivity contribution in [1.29, 1.82) is 0 Å². The van der Waals surface area contributed by atoms with Crippen LogP contribution in [-0.4, -0.2) is 9.55 Å². The van der Waals surface area contributed by atoms with Gasteiger partial charge in [-0.15, -0.1) is 0 Å². The highest BCUT2D eigenvalue weighted by molar-refractivity contribution is 5.36. The summed E-state index contributed by atoms with van der Waals surface area (Å²) in [6.07, 6.45) is 1.95. The van der Waals surface area contributed by atoms with Gasteiger partial charge in [0.05, 0.1) is 5.69 Å². The van der Waals surface area contributed by atoms with E-state index in [1.165, 1.54) is 12.1 Å². The van der Waals surface area contributed by atoms with Crippen LogP contribution in [0.25, 0.3) is 5.69 Å². The smallest absolute Gasteiger partial charge is 0.310 e. The first kappa shape index (κ1) is 11.8. The summed E-state index contributed by atoms with van der Waals surface area (Å²) in [5, 5.41) is 0. The SMILES string of the molecule is O=c1[nH]c2c(c(=O)n1-c1cccc(F)c1F)CCC2. The van der Waals surface area contributed by atoms with Gasteiger partial charge in [-0.25, -0.2) is 18.1 Å². The molecule has 6 heteroatoms. The summed E-state index contributed by atoms with van der Waals surface area (Å²) in [5.41, 5.74) is -0.594. The van der Waals surface area contributed by atoms with Crippen LogP contribution < -0.4 is 11.2 Å². The third kappa shape index (κ3) is 1.71. The van der Waals surface area contributed by atoms with Crippen LogP contribution >= 0.6 is 0 Å². The van der Waals surface area contributed by atoms with Gasteiger partial charge >= 0.3 is 5.69 Å². The van der Waals surface area contributed by atoms with E-state index in [0.717, 1.165) is 12.5 Å². The average Bonchev–Trinajstić information content (AvgIpc) is 2.82. The molecule has 0 atom stereocenters. The molecule has 19 heavy (non-hydrogen) atoms. The molecule has 1 N–H and O–H groups in total. The molecule has 4 nitrogen and oxygen atoms in total. The number of hydrogen-bond donors (Lipinski definition) is 1. The molecule has 1 aliphatic carbocycles. The Morgan fingerprint density at radius 1 is 1.16 bits per heavy atom. The summed E-state index contributed by atoms with van der Waals surface area (Å²) < 4.78 is 27.6. The first-order valence-corrected chi connectivity index (χ1v) is 5.91. The normalized spacial score (nSPS) is 13.6. The van der Waals surface area contributed by atoms with Gasteiger partial charge in [0.25, 0.3) is 5.56 Å². The second-order valence-electron chi connectivity index (χ2n) is 4.45. The van der Waals surface area contributed by atoms with Gasteiger partial charge in [-0.05, 0) is 31.4 Å². The number of aromatic nitrogens is 2. The van der Waals surface area contributed by atoms with Crippen molar-refractivity contribution in [3.05, 3.63) is 61.9 Å². The Kier molecular flexibility index (Phi) is 2.58. The molecule has 1 aromatic carbocycles. The summed E-state index contributed by atoms with van der Waals surface area (Å²) >= 11 is 0. The van der Waals surface area contributed by atoms with Gasteiger partial charge < -0.3 is 4.98 Å². The van der Waals surface area contributed by atoms with Crippen LogP contribution in [0.2, 0.25) is 0 Å². The summed E-state index contributed by atoms with van der Waals surface area (Å²) in [6, 6.07) is 3.40. The number of rotatable bonds is 1. The van der Waals surface area contributed by atoms with Crippen molar-refractivity contribution in [2.45, 2.75) is 19.3 Å². The Bertz CT molecular complexity index is 777. The number of nitrogens with one attached hydrogen (secondary N) is 1. The number of halogens is 2. The van der Waals surface area contributed by atoms with E-state index < -0.39 is 22.9 Å². The molecule has 1 aromatic heterocycles. The molecule has 0 aliphatic heterocycles. The Morgan fingerprint density at radius 2 is 1.95 bits per heavy atom. The van der Waals surface area contributed by atoms with Crippen LogP contribution in [0, 0.1) is 11.6 Å². The maximum absolute atomic E-state index is 13.7. The van der Waals surface area contributed by atoms with Gasteiger partial charge in [0.15, 0.2) is 11.6 Å². The Morgan fingerprint density at radius 3 is 2.74 bits per heavy atom. The van der Waals surface area contributed by atoms with E-state index in [-0.39, 0.29) is 5.69 Å². The minimum Gasteiger partial charge on any atom is -0.310 e. The van der Waals surface area contributed by atoms with Gasteiger partial charge in [0.2, 0.25) is 0 Å². The highest BCUT2D eigenvalue weighted by Gasteiger charge is 2.21. The zero-order valence-corrected chi connectivity index (χ0v) is 9.87. The van der Waals surface area contributed by atoms with Gasteiger partial charge in [0.1, 0.15) is 0 Å². The minimum absolute atomic E-state index is 0.360. The molecule has 0 radical (unpaired) electrons. The number of aryl methyl sites for hydroxylation is 1. The van der Waals surface area contributed by atoms with E-state index in [2.05, 4.69) is 4.98 Å². The van der Waals surface area contributed by atoms with E-state index in [0.29, 0.717) is 28.7 Å². The van der Waals surface area contributed by atoms with Crippen LogP contribution in [0.3, 0.4) is 0 Å². The van der Waals surface area contributed by atoms with E-state index >= 15 is 0 Å². The number of H-pyrrole nitrogens is 1. The first-order chi connectivity index (χ1) is 9.09. The van der Waals surface area contributed by atoms with Crippen LogP contribution in [0.15, 0.2) is 27.8 Å². The predicted octanol–water partition coefficient (Wildman–Crippen LogP) is 1.29. The van der Waals surface area contributed by atoms with Crippen molar-refractivity contribution >= 4 is 0 Å². The number of aromatic amines is 1. The van der Waals surface area contributed by atoms with E-state index in [4.69, 9.17) is 0 Å². The fraction of sp³-hybridized carbons (Fsp3) is 0.231. The Hall–Kier alpha value is -2.24. The molecule has 3 rings (SSSR count). The quantitative estimate of drug-likeness (QED) is 0.844. The van der Waals surface area contributed by atoms with Crippen LogP contribution in [0.5, 0.6) is 0 Å². The van der Waals surface area contributed by atoms with Crippen LogP contribution in [0.1, 0.15) is 17.7 Å². The van der Waals surface area contributed by atoms with E-state index in [1.807, 2.05) is 0 Å². The molecule has 0 bridgehead atoms. The largest absolute Gasteiger partial charge is 0.333 e. The lowest BCUT2D eigenvalue weighted by Crippen LogP contribution is -2.36. The fourth-order valence-corrected chi connectivity index (χ4v) is 2.41. The number of benzene rings is 1. The molecular weight excluding hydrogens is 254 g/mol. The second-order valence-corrected chi connectivity index (χ2v) is 4.45. The van der Waals surface area contributed by atoms with Crippen molar-refractivity contribution in [3.63, 3.8) is 0 Å². The van der Waals surface area contributed by atoms with Gasteiger partial charge in [-0.2, -0.15) is 0 Å². The standard InChI is InChI=1S/C13H10F2N2O2/c14-8-4-2-6-10(11(8)15)17-12(18)7-3-1-5-9(7)16-13(17)19/h2,4,6H,1,3,5H2,(H,16,19). The van der Waals surface area contributed by atoms with Crippen molar-refractivity contribution in [1.82, 2.24) is 9.55 Å². The van der Waals surface area contributed by atoms with Crippen molar-refractivity contribution in [2.75, 3.05) is 0 Å². The zero-order chi connectivity index (χ0) is 13.6. The lowest BCUT2D eigenvalue weighted by atomic mass is 10.2. The molecule has 0 unspecified atom stereocenters. The molecule has 0 spiro atoms. The Balaban J connectivity index is 2.36. The second kappa shape index (κ2) is 4.15. The van der Waals surface area contributed by atoms with Crippen LogP contribution in [0.4, 0.5) is 8.78 Å². The lowest BCUT2D eigenvalue weighted by molar-refractivity contribution is 0.502. The molecule has 2 aromatic rings. The van der Waals surface area contributed by atoms with Crippen LogP contribution in [-0.2, 0) is 12.8 Å². The van der Waals surface area contributed by atoms with Gasteiger partial charge in [-0.1, -0.05) is 6.07 Å². The first-order valence-electron chi connectivity index (χ1n) is 5.91. The molecule has 0 saturated carbocycles. The molecule has 98 valence electrons. The van der Waals surface area contributed by atoms with Crippen molar-refractivity contribution in [2.24, 2.45) is 0 Å². The molecule has 0 saturated heterocycles. The zero-order valence-electron chi connectivity index (χ0n) is 9.87. The summed E-state index contributed by atoms with van der Waals surface area (Å²) in [5.74, 6) is -2.29. The predicted molar refractivity (Wildman–Crippen MR) is 64.6 cm³/mol.